The number of aromatic amines is 1. The molecule has 1 heterocycles. The largest absolute Gasteiger partial charge is 0.382 e. The van der Waals surface area contributed by atoms with E-state index in [0.29, 0.717) is 0 Å². The fraction of sp³-hybridized carbons (Fsp3) is 0.500. The van der Waals surface area contributed by atoms with Crippen molar-refractivity contribution in [1.82, 2.24) is 15.6 Å². The van der Waals surface area contributed by atoms with Crippen LogP contribution in [0.2, 0.25) is 0 Å². The fourth-order valence-electron chi connectivity index (χ4n) is 2.71. The molecule has 5 nitrogen and oxygen atoms in total. The number of aliphatic imine (C=N–C) groups is 1. The Kier molecular flexibility index (Phi) is 6.94. The summed E-state index contributed by atoms with van der Waals surface area (Å²) in [5.74, 6) is 0.846. The third-order valence-electron chi connectivity index (χ3n) is 3.88. The summed E-state index contributed by atoms with van der Waals surface area (Å²) in [5.41, 5.74) is 3.82. The Morgan fingerprint density at radius 1 is 1.22 bits per heavy atom. The second-order valence-electron chi connectivity index (χ2n) is 5.50. The number of aryl methyl sites for hydroxylation is 1. The molecular formula is C18H28N4O. The van der Waals surface area contributed by atoms with Crippen LogP contribution >= 0.6 is 0 Å². The zero-order chi connectivity index (χ0) is 16.5. The van der Waals surface area contributed by atoms with E-state index in [0.717, 1.165) is 45.1 Å². The van der Waals surface area contributed by atoms with E-state index in [9.17, 15) is 0 Å². The van der Waals surface area contributed by atoms with Gasteiger partial charge >= 0.3 is 0 Å². The highest BCUT2D eigenvalue weighted by Gasteiger charge is 2.07. The summed E-state index contributed by atoms with van der Waals surface area (Å²) in [6.45, 7) is 7.43. The van der Waals surface area contributed by atoms with Crippen molar-refractivity contribution in [1.29, 1.82) is 0 Å². The molecule has 0 saturated heterocycles. The second kappa shape index (κ2) is 9.20. The summed E-state index contributed by atoms with van der Waals surface area (Å²) in [7, 11) is 1.80. The van der Waals surface area contributed by atoms with E-state index in [-0.39, 0.29) is 0 Å². The summed E-state index contributed by atoms with van der Waals surface area (Å²) < 4.78 is 5.33. The molecule has 3 N–H and O–H groups in total. The fourth-order valence-corrected chi connectivity index (χ4v) is 2.71. The molecule has 23 heavy (non-hydrogen) atoms. The summed E-state index contributed by atoms with van der Waals surface area (Å²) in [6.07, 6.45) is 1.95. The molecule has 0 unspecified atom stereocenters. The number of para-hydroxylation sites is 1. The molecule has 0 aliphatic carbocycles. The lowest BCUT2D eigenvalue weighted by Crippen LogP contribution is -2.39. The maximum absolute atomic E-state index is 5.33. The van der Waals surface area contributed by atoms with Gasteiger partial charge < -0.3 is 20.4 Å². The first-order valence-corrected chi connectivity index (χ1v) is 8.34. The first-order valence-electron chi connectivity index (χ1n) is 8.34. The van der Waals surface area contributed by atoms with Crippen LogP contribution in [0, 0.1) is 6.92 Å². The lowest BCUT2D eigenvalue weighted by Gasteiger charge is -2.12. The van der Waals surface area contributed by atoms with E-state index in [2.05, 4.69) is 51.8 Å². The lowest BCUT2D eigenvalue weighted by molar-refractivity contribution is 0.145. The van der Waals surface area contributed by atoms with Gasteiger partial charge in [0.05, 0.1) is 0 Å². The van der Waals surface area contributed by atoms with Crippen molar-refractivity contribution >= 4 is 16.9 Å². The summed E-state index contributed by atoms with van der Waals surface area (Å²) in [4.78, 5) is 7.70. The van der Waals surface area contributed by atoms with Gasteiger partial charge in [-0.2, -0.15) is 0 Å². The number of benzene rings is 1. The minimum atomic E-state index is 0.775. The molecule has 0 radical (unpaired) electrons. The average Bonchev–Trinajstić information content (AvgIpc) is 2.88. The van der Waals surface area contributed by atoms with E-state index in [1.165, 1.54) is 22.2 Å². The third-order valence-corrected chi connectivity index (χ3v) is 3.88. The van der Waals surface area contributed by atoms with Gasteiger partial charge in [0, 0.05) is 49.9 Å². The number of nitrogens with zero attached hydrogens (tertiary/aromatic N) is 1. The Morgan fingerprint density at radius 2 is 2.00 bits per heavy atom. The number of fused-ring (bicyclic) bond motifs is 1. The van der Waals surface area contributed by atoms with Crippen LogP contribution < -0.4 is 10.6 Å². The van der Waals surface area contributed by atoms with Crippen LogP contribution in [0.4, 0.5) is 0 Å². The van der Waals surface area contributed by atoms with Gasteiger partial charge in [0.2, 0.25) is 0 Å². The van der Waals surface area contributed by atoms with E-state index in [1.54, 1.807) is 7.05 Å². The van der Waals surface area contributed by atoms with Crippen molar-refractivity contribution in [3.8, 4) is 0 Å². The average molecular weight is 316 g/mol. The van der Waals surface area contributed by atoms with Crippen molar-refractivity contribution < 1.29 is 4.74 Å². The van der Waals surface area contributed by atoms with Crippen molar-refractivity contribution in [2.75, 3.05) is 33.4 Å². The van der Waals surface area contributed by atoms with Gasteiger partial charge in [0.25, 0.3) is 0 Å². The molecule has 0 atom stereocenters. The van der Waals surface area contributed by atoms with Gasteiger partial charge in [0.1, 0.15) is 0 Å². The number of rotatable bonds is 8. The van der Waals surface area contributed by atoms with Gasteiger partial charge in [-0.05, 0) is 38.3 Å². The van der Waals surface area contributed by atoms with Gasteiger partial charge in [-0.3, -0.25) is 4.99 Å². The van der Waals surface area contributed by atoms with Gasteiger partial charge in [-0.15, -0.1) is 0 Å². The standard InChI is InChI=1S/C18H28N4O/c1-4-23-13-7-11-20-18(19-3)21-12-10-15-14(2)22-17-9-6-5-8-16(15)17/h5-6,8-9,22H,4,7,10-13H2,1-3H3,(H2,19,20,21). The highest BCUT2D eigenvalue weighted by atomic mass is 16.5. The molecule has 0 spiro atoms. The van der Waals surface area contributed by atoms with Crippen LogP contribution in [-0.4, -0.2) is 44.3 Å². The molecule has 126 valence electrons. The topological polar surface area (TPSA) is 61.4 Å². The maximum Gasteiger partial charge on any atom is 0.190 e. The summed E-state index contributed by atoms with van der Waals surface area (Å²) in [6, 6.07) is 8.45. The van der Waals surface area contributed by atoms with Crippen LogP contribution in [0.3, 0.4) is 0 Å². The Hall–Kier alpha value is -2.01. The molecule has 0 aliphatic heterocycles. The highest BCUT2D eigenvalue weighted by Crippen LogP contribution is 2.21. The van der Waals surface area contributed by atoms with Crippen molar-refractivity contribution in [3.05, 3.63) is 35.5 Å². The molecular weight excluding hydrogens is 288 g/mol. The Morgan fingerprint density at radius 3 is 2.78 bits per heavy atom. The van der Waals surface area contributed by atoms with Crippen molar-refractivity contribution in [2.24, 2.45) is 4.99 Å². The number of hydrogen-bond acceptors (Lipinski definition) is 2. The van der Waals surface area contributed by atoms with Gasteiger partial charge in [-0.1, -0.05) is 18.2 Å². The molecule has 0 aliphatic rings. The molecule has 1 aromatic heterocycles. The molecule has 0 fully saturated rings. The molecule has 0 saturated carbocycles. The second-order valence-corrected chi connectivity index (χ2v) is 5.50. The van der Waals surface area contributed by atoms with Crippen LogP contribution in [0.25, 0.3) is 10.9 Å². The van der Waals surface area contributed by atoms with E-state index in [1.807, 2.05) is 6.92 Å². The Balaban J connectivity index is 1.79. The minimum Gasteiger partial charge on any atom is -0.382 e. The SMILES string of the molecule is CCOCCCNC(=NC)NCCc1c(C)[nH]c2ccccc12. The van der Waals surface area contributed by atoms with Crippen molar-refractivity contribution in [2.45, 2.75) is 26.7 Å². The Labute approximate surface area is 138 Å². The summed E-state index contributed by atoms with van der Waals surface area (Å²) in [5, 5.41) is 8.00. The monoisotopic (exact) mass is 316 g/mol. The Bertz CT molecular complexity index is 633. The van der Waals surface area contributed by atoms with Crippen LogP contribution in [0.5, 0.6) is 0 Å². The molecule has 2 aromatic rings. The number of nitrogens with one attached hydrogen (secondary N) is 3. The zero-order valence-corrected chi connectivity index (χ0v) is 14.4. The van der Waals surface area contributed by atoms with Crippen LogP contribution in [0.15, 0.2) is 29.3 Å². The van der Waals surface area contributed by atoms with Crippen molar-refractivity contribution in [3.63, 3.8) is 0 Å². The number of H-pyrrole nitrogens is 1. The molecule has 0 amide bonds. The maximum atomic E-state index is 5.33. The van der Waals surface area contributed by atoms with Gasteiger partial charge in [0.15, 0.2) is 5.96 Å². The van der Waals surface area contributed by atoms with E-state index in [4.69, 9.17) is 4.74 Å². The highest BCUT2D eigenvalue weighted by molar-refractivity contribution is 5.84. The predicted molar refractivity (Wildman–Crippen MR) is 97.2 cm³/mol. The zero-order valence-electron chi connectivity index (χ0n) is 14.4. The number of ether oxygens (including phenoxy) is 1. The van der Waals surface area contributed by atoms with Gasteiger partial charge in [-0.25, -0.2) is 0 Å². The molecule has 1 aromatic carbocycles. The predicted octanol–water partition coefficient (Wildman–Crippen LogP) is 2.61. The number of hydrogen-bond donors (Lipinski definition) is 3. The molecule has 2 rings (SSSR count). The molecule has 0 bridgehead atoms. The van der Waals surface area contributed by atoms with Crippen LogP contribution in [0.1, 0.15) is 24.6 Å². The first-order chi connectivity index (χ1) is 11.3. The normalized spacial score (nSPS) is 11.9. The molecule has 5 heteroatoms. The van der Waals surface area contributed by atoms with E-state index < -0.39 is 0 Å². The number of guanidine groups is 1. The third kappa shape index (κ3) is 4.99. The first kappa shape index (κ1) is 17.3. The number of aromatic nitrogens is 1. The lowest BCUT2D eigenvalue weighted by atomic mass is 10.1. The van der Waals surface area contributed by atoms with E-state index >= 15 is 0 Å². The minimum absolute atomic E-state index is 0.775. The quantitative estimate of drug-likeness (QED) is 0.398. The summed E-state index contributed by atoms with van der Waals surface area (Å²) >= 11 is 0. The van der Waals surface area contributed by atoms with Crippen LogP contribution in [-0.2, 0) is 11.2 Å². The smallest absolute Gasteiger partial charge is 0.190 e.